The number of carbonyl (C=O) groups is 2. The van der Waals surface area contributed by atoms with E-state index in [2.05, 4.69) is 0 Å². The van der Waals surface area contributed by atoms with E-state index in [1.165, 1.54) is 4.90 Å². The van der Waals surface area contributed by atoms with Gasteiger partial charge in [0.25, 0.3) is 0 Å². The van der Waals surface area contributed by atoms with Gasteiger partial charge in [-0.2, -0.15) is 0 Å². The predicted molar refractivity (Wildman–Crippen MR) is 90.3 cm³/mol. The Morgan fingerprint density at radius 3 is 2.38 bits per heavy atom. The molecular formula is C18H27NO5. The number of aliphatic hydroxyl groups excluding tert-OH is 1. The predicted octanol–water partition coefficient (Wildman–Crippen LogP) is 2.74. The van der Waals surface area contributed by atoms with Gasteiger partial charge in [0.2, 0.25) is 0 Å². The zero-order valence-corrected chi connectivity index (χ0v) is 14.8. The molecule has 0 saturated heterocycles. The molecule has 0 bridgehead atoms. The molecular weight excluding hydrogens is 310 g/mol. The standard InChI is InChI=1S/C18H27NO5/c1-14(20)12-19(11-10-16(21)24-18(2,3)4)17(22)23-13-15-8-6-5-7-9-15/h5-9,14,20H,10-13H2,1-4H3. The molecule has 1 rings (SSSR count). The molecule has 0 saturated carbocycles. The maximum absolute atomic E-state index is 12.2. The fraction of sp³-hybridized carbons (Fsp3) is 0.556. The molecule has 0 heterocycles. The highest BCUT2D eigenvalue weighted by atomic mass is 16.6. The first-order valence-electron chi connectivity index (χ1n) is 8.03. The average Bonchev–Trinajstić information content (AvgIpc) is 2.48. The zero-order chi connectivity index (χ0) is 18.2. The first-order valence-corrected chi connectivity index (χ1v) is 8.03. The lowest BCUT2D eigenvalue weighted by Crippen LogP contribution is -2.39. The van der Waals surface area contributed by atoms with Gasteiger partial charge >= 0.3 is 12.1 Å². The number of esters is 1. The highest BCUT2D eigenvalue weighted by Crippen LogP contribution is 2.10. The van der Waals surface area contributed by atoms with Crippen molar-refractivity contribution in [1.82, 2.24) is 4.90 Å². The third kappa shape index (κ3) is 8.53. The number of hydrogen-bond acceptors (Lipinski definition) is 5. The highest BCUT2D eigenvalue weighted by Gasteiger charge is 2.21. The van der Waals surface area contributed by atoms with Crippen LogP contribution in [0.2, 0.25) is 0 Å². The lowest BCUT2D eigenvalue weighted by molar-refractivity contribution is -0.155. The number of ether oxygens (including phenoxy) is 2. The summed E-state index contributed by atoms with van der Waals surface area (Å²) in [6.07, 6.45) is -1.24. The highest BCUT2D eigenvalue weighted by molar-refractivity contribution is 5.72. The zero-order valence-electron chi connectivity index (χ0n) is 14.8. The van der Waals surface area contributed by atoms with E-state index in [1.807, 2.05) is 30.3 Å². The van der Waals surface area contributed by atoms with Crippen molar-refractivity contribution in [3.05, 3.63) is 35.9 Å². The number of benzene rings is 1. The average molecular weight is 337 g/mol. The van der Waals surface area contributed by atoms with Crippen LogP contribution in [-0.2, 0) is 20.9 Å². The molecule has 0 radical (unpaired) electrons. The van der Waals surface area contributed by atoms with E-state index in [9.17, 15) is 14.7 Å². The third-order valence-electron chi connectivity index (χ3n) is 2.95. The van der Waals surface area contributed by atoms with Crippen molar-refractivity contribution in [3.63, 3.8) is 0 Å². The second-order valence-corrected chi connectivity index (χ2v) is 6.67. The minimum absolute atomic E-state index is 0.0461. The summed E-state index contributed by atoms with van der Waals surface area (Å²) in [5.41, 5.74) is 0.301. The molecule has 1 N–H and O–H groups in total. The fourth-order valence-electron chi connectivity index (χ4n) is 2.01. The first kappa shape index (κ1) is 20.0. The van der Waals surface area contributed by atoms with Gasteiger partial charge in [-0.3, -0.25) is 4.79 Å². The topological polar surface area (TPSA) is 76.1 Å². The summed E-state index contributed by atoms with van der Waals surface area (Å²) in [4.78, 5) is 25.3. The molecule has 0 fully saturated rings. The van der Waals surface area contributed by atoms with Crippen molar-refractivity contribution < 1.29 is 24.2 Å². The van der Waals surface area contributed by atoms with E-state index < -0.39 is 23.8 Å². The van der Waals surface area contributed by atoms with Gasteiger partial charge in [-0.25, -0.2) is 4.79 Å². The molecule has 0 spiro atoms. The Morgan fingerprint density at radius 2 is 1.83 bits per heavy atom. The van der Waals surface area contributed by atoms with Crippen LogP contribution in [-0.4, -0.2) is 46.9 Å². The molecule has 1 atom stereocenters. The van der Waals surface area contributed by atoms with Gasteiger partial charge in [0, 0.05) is 13.1 Å². The summed E-state index contributed by atoms with van der Waals surface area (Å²) in [6.45, 7) is 7.29. The van der Waals surface area contributed by atoms with Gasteiger partial charge in [-0.05, 0) is 33.3 Å². The quantitative estimate of drug-likeness (QED) is 0.774. The molecule has 1 aromatic carbocycles. The molecule has 0 aromatic heterocycles. The fourth-order valence-corrected chi connectivity index (χ4v) is 2.01. The molecule has 1 unspecified atom stereocenters. The van der Waals surface area contributed by atoms with Crippen molar-refractivity contribution in [3.8, 4) is 0 Å². The molecule has 6 heteroatoms. The van der Waals surface area contributed by atoms with Crippen LogP contribution >= 0.6 is 0 Å². The van der Waals surface area contributed by atoms with E-state index in [0.717, 1.165) is 5.56 Å². The Morgan fingerprint density at radius 1 is 1.21 bits per heavy atom. The molecule has 134 valence electrons. The number of nitrogens with zero attached hydrogens (tertiary/aromatic N) is 1. The van der Waals surface area contributed by atoms with E-state index in [-0.39, 0.29) is 26.1 Å². The molecule has 24 heavy (non-hydrogen) atoms. The van der Waals surface area contributed by atoms with Crippen LogP contribution < -0.4 is 0 Å². The van der Waals surface area contributed by atoms with Gasteiger partial charge in [0.15, 0.2) is 0 Å². The normalized spacial score (nSPS) is 12.4. The van der Waals surface area contributed by atoms with Crippen LogP contribution in [0.3, 0.4) is 0 Å². The first-order chi connectivity index (χ1) is 11.2. The van der Waals surface area contributed by atoms with E-state index in [1.54, 1.807) is 27.7 Å². The van der Waals surface area contributed by atoms with Gasteiger partial charge in [-0.1, -0.05) is 30.3 Å². The number of aliphatic hydroxyl groups is 1. The Labute approximate surface area is 143 Å². The summed E-state index contributed by atoms with van der Waals surface area (Å²) in [5.74, 6) is -0.394. The SMILES string of the molecule is CC(O)CN(CCC(=O)OC(C)(C)C)C(=O)OCc1ccccc1. The van der Waals surface area contributed by atoms with Gasteiger partial charge in [0.05, 0.1) is 12.5 Å². The molecule has 0 aliphatic rings. The van der Waals surface area contributed by atoms with Crippen LogP contribution in [0.25, 0.3) is 0 Å². The van der Waals surface area contributed by atoms with Crippen molar-refractivity contribution in [2.75, 3.05) is 13.1 Å². The second-order valence-electron chi connectivity index (χ2n) is 6.67. The maximum Gasteiger partial charge on any atom is 0.410 e. The van der Waals surface area contributed by atoms with E-state index in [0.29, 0.717) is 0 Å². The minimum Gasteiger partial charge on any atom is -0.460 e. The molecule has 1 aromatic rings. The summed E-state index contributed by atoms with van der Waals surface area (Å²) < 4.78 is 10.5. The van der Waals surface area contributed by atoms with Crippen LogP contribution in [0.5, 0.6) is 0 Å². The van der Waals surface area contributed by atoms with Gasteiger partial charge in [-0.15, -0.1) is 0 Å². The summed E-state index contributed by atoms with van der Waals surface area (Å²) >= 11 is 0. The smallest absolute Gasteiger partial charge is 0.410 e. The van der Waals surface area contributed by atoms with Crippen molar-refractivity contribution in [2.24, 2.45) is 0 Å². The number of rotatable bonds is 7. The monoisotopic (exact) mass is 337 g/mol. The lowest BCUT2D eigenvalue weighted by Gasteiger charge is -2.24. The Bertz CT molecular complexity index is 522. The van der Waals surface area contributed by atoms with Crippen LogP contribution in [0.15, 0.2) is 30.3 Å². The summed E-state index contributed by atoms with van der Waals surface area (Å²) in [7, 11) is 0. The number of carbonyl (C=O) groups excluding carboxylic acids is 2. The molecule has 1 amide bonds. The Kier molecular flexibility index (Phi) is 7.71. The molecule has 0 aliphatic carbocycles. The van der Waals surface area contributed by atoms with Crippen molar-refractivity contribution >= 4 is 12.1 Å². The maximum atomic E-state index is 12.2. The van der Waals surface area contributed by atoms with Crippen molar-refractivity contribution in [1.29, 1.82) is 0 Å². The van der Waals surface area contributed by atoms with Gasteiger partial charge < -0.3 is 19.5 Å². The van der Waals surface area contributed by atoms with Crippen LogP contribution in [0, 0.1) is 0 Å². The summed E-state index contributed by atoms with van der Waals surface area (Å²) in [5, 5.41) is 9.54. The Hall–Kier alpha value is -2.08. The second kappa shape index (κ2) is 9.27. The van der Waals surface area contributed by atoms with Crippen LogP contribution in [0.4, 0.5) is 4.79 Å². The Balaban J connectivity index is 2.54. The minimum atomic E-state index is -0.715. The molecule has 6 nitrogen and oxygen atoms in total. The number of amides is 1. The van der Waals surface area contributed by atoms with Gasteiger partial charge in [0.1, 0.15) is 12.2 Å². The summed E-state index contributed by atoms with van der Waals surface area (Å²) in [6, 6.07) is 9.31. The van der Waals surface area contributed by atoms with Crippen LogP contribution in [0.1, 0.15) is 39.7 Å². The largest absolute Gasteiger partial charge is 0.460 e. The molecule has 0 aliphatic heterocycles. The van der Waals surface area contributed by atoms with E-state index >= 15 is 0 Å². The third-order valence-corrected chi connectivity index (χ3v) is 2.95. The number of hydrogen-bond donors (Lipinski definition) is 1. The van der Waals surface area contributed by atoms with E-state index in [4.69, 9.17) is 9.47 Å². The van der Waals surface area contributed by atoms with Crippen molar-refractivity contribution in [2.45, 2.75) is 52.4 Å². The lowest BCUT2D eigenvalue weighted by atomic mass is 10.2.